The highest BCUT2D eigenvalue weighted by molar-refractivity contribution is 5.65. The van der Waals surface area contributed by atoms with Crippen LogP contribution in [0.3, 0.4) is 0 Å². The lowest BCUT2D eigenvalue weighted by atomic mass is 10.0. The van der Waals surface area contributed by atoms with Gasteiger partial charge in [0, 0.05) is 17.7 Å². The van der Waals surface area contributed by atoms with Crippen molar-refractivity contribution in [2.45, 2.75) is 26.9 Å². The molecule has 0 bridgehead atoms. The maximum absolute atomic E-state index is 14.3. The minimum atomic E-state index is -4.04. The number of ether oxygens (including phenoxy) is 2. The third-order valence-electron chi connectivity index (χ3n) is 4.08. The Labute approximate surface area is 180 Å². The highest BCUT2D eigenvalue weighted by Gasteiger charge is 2.35. The predicted octanol–water partition coefficient (Wildman–Crippen LogP) is 7.60. The molecule has 0 amide bonds. The maximum Gasteiger partial charge on any atom is 0.426 e. The fourth-order valence-corrected chi connectivity index (χ4v) is 2.66. The molecule has 0 N–H and O–H groups in total. The second-order valence-electron chi connectivity index (χ2n) is 6.07. The summed E-state index contributed by atoms with van der Waals surface area (Å²) in [5.74, 6) is -8.84. The summed E-state index contributed by atoms with van der Waals surface area (Å²) >= 11 is 0. The normalized spacial score (nSPS) is 10.9. The molecule has 172 valence electrons. The van der Waals surface area contributed by atoms with E-state index in [0.29, 0.717) is 0 Å². The van der Waals surface area contributed by atoms with Crippen molar-refractivity contribution < 1.29 is 40.2 Å². The first-order valence-electron chi connectivity index (χ1n) is 9.57. The Balaban J connectivity index is 0.00000176. The van der Waals surface area contributed by atoms with E-state index in [0.717, 1.165) is 24.3 Å². The molecule has 0 saturated carbocycles. The van der Waals surface area contributed by atoms with Crippen LogP contribution >= 0.6 is 0 Å². The van der Waals surface area contributed by atoms with Crippen molar-refractivity contribution in [2.75, 3.05) is 6.61 Å². The van der Waals surface area contributed by atoms with Crippen molar-refractivity contribution in [3.8, 4) is 22.6 Å². The van der Waals surface area contributed by atoms with Crippen molar-refractivity contribution in [3.05, 3.63) is 83.2 Å². The van der Waals surface area contributed by atoms with Gasteiger partial charge in [0.15, 0.2) is 29.0 Å². The quantitative estimate of drug-likeness (QED) is 0.279. The van der Waals surface area contributed by atoms with E-state index in [1.807, 2.05) is 13.8 Å². The number of rotatable bonds is 6. The van der Waals surface area contributed by atoms with Crippen LogP contribution in [0.2, 0.25) is 0 Å². The Kier molecular flexibility index (Phi) is 8.13. The van der Waals surface area contributed by atoms with Gasteiger partial charge >= 0.3 is 6.11 Å². The third kappa shape index (κ3) is 5.33. The van der Waals surface area contributed by atoms with Gasteiger partial charge in [-0.1, -0.05) is 26.0 Å². The van der Waals surface area contributed by atoms with Crippen molar-refractivity contribution in [2.24, 2.45) is 0 Å². The minimum absolute atomic E-state index is 0.0906. The average Bonchev–Trinajstić information content (AvgIpc) is 2.77. The van der Waals surface area contributed by atoms with Gasteiger partial charge in [0.25, 0.3) is 0 Å². The van der Waals surface area contributed by atoms with E-state index >= 15 is 0 Å². The van der Waals surface area contributed by atoms with Gasteiger partial charge in [-0.3, -0.25) is 0 Å². The second-order valence-corrected chi connectivity index (χ2v) is 6.07. The Morgan fingerprint density at radius 1 is 0.750 bits per heavy atom. The van der Waals surface area contributed by atoms with Crippen LogP contribution < -0.4 is 9.47 Å². The van der Waals surface area contributed by atoms with Gasteiger partial charge in [0.1, 0.15) is 5.75 Å². The van der Waals surface area contributed by atoms with Gasteiger partial charge in [-0.05, 0) is 36.8 Å². The molecule has 0 aliphatic rings. The summed E-state index contributed by atoms with van der Waals surface area (Å²) in [6, 6.07) is 6.93. The zero-order chi connectivity index (χ0) is 24.1. The fraction of sp³-hybridized carbons (Fsp3) is 0.217. The largest absolute Gasteiger partial charge is 0.491 e. The molecule has 0 atom stereocenters. The molecular formula is C23H19F7O2. The van der Waals surface area contributed by atoms with Crippen LogP contribution in [0.15, 0.2) is 48.5 Å². The molecule has 3 aromatic rings. The summed E-state index contributed by atoms with van der Waals surface area (Å²) in [7, 11) is 0. The lowest BCUT2D eigenvalue weighted by Crippen LogP contribution is -2.22. The zero-order valence-electron chi connectivity index (χ0n) is 17.3. The molecule has 0 aliphatic carbocycles. The topological polar surface area (TPSA) is 18.5 Å². The molecule has 9 heteroatoms. The zero-order valence-corrected chi connectivity index (χ0v) is 17.3. The van der Waals surface area contributed by atoms with Crippen molar-refractivity contribution in [3.63, 3.8) is 0 Å². The first-order valence-corrected chi connectivity index (χ1v) is 9.57. The van der Waals surface area contributed by atoms with Crippen molar-refractivity contribution >= 4 is 0 Å². The fourth-order valence-electron chi connectivity index (χ4n) is 2.66. The third-order valence-corrected chi connectivity index (χ3v) is 4.08. The molecule has 0 fully saturated rings. The smallest absolute Gasteiger partial charge is 0.426 e. The van der Waals surface area contributed by atoms with E-state index in [9.17, 15) is 30.7 Å². The number of halogens is 7. The van der Waals surface area contributed by atoms with Crippen LogP contribution in [-0.2, 0) is 6.11 Å². The molecule has 3 rings (SSSR count). The van der Waals surface area contributed by atoms with Gasteiger partial charge in [-0.2, -0.15) is 13.2 Å². The Morgan fingerprint density at radius 3 is 1.84 bits per heavy atom. The molecular weight excluding hydrogens is 441 g/mol. The minimum Gasteiger partial charge on any atom is -0.491 e. The van der Waals surface area contributed by atoms with E-state index in [4.69, 9.17) is 4.74 Å². The van der Waals surface area contributed by atoms with Gasteiger partial charge in [-0.25, -0.2) is 17.6 Å². The molecule has 0 radical (unpaired) electrons. The first kappa shape index (κ1) is 25.0. The maximum atomic E-state index is 14.3. The van der Waals surface area contributed by atoms with Gasteiger partial charge in [0.2, 0.25) is 5.82 Å². The summed E-state index contributed by atoms with van der Waals surface area (Å²) in [6.07, 6.45) is -4.04. The summed E-state index contributed by atoms with van der Waals surface area (Å²) < 4.78 is 105. The van der Waals surface area contributed by atoms with Crippen LogP contribution in [0.5, 0.6) is 11.5 Å². The van der Waals surface area contributed by atoms with E-state index in [-0.39, 0.29) is 35.6 Å². The number of hydrogen-bond acceptors (Lipinski definition) is 2. The molecule has 2 nitrogen and oxygen atoms in total. The van der Waals surface area contributed by atoms with Gasteiger partial charge in [0.05, 0.1) is 12.2 Å². The summed E-state index contributed by atoms with van der Waals surface area (Å²) in [5.41, 5.74) is -0.828. The molecule has 3 aromatic carbocycles. The summed E-state index contributed by atoms with van der Waals surface area (Å²) in [5, 5.41) is 0. The van der Waals surface area contributed by atoms with E-state index in [2.05, 4.69) is 4.74 Å². The molecule has 32 heavy (non-hydrogen) atoms. The first-order chi connectivity index (χ1) is 15.1. The number of benzene rings is 3. The SMILES string of the molecule is CC.CCOc1ccc(-c2ccc(C(F)(F)Oc3cc(F)c(F)c(F)c3)cc2)c(F)c1F. The summed E-state index contributed by atoms with van der Waals surface area (Å²) in [4.78, 5) is 0. The van der Waals surface area contributed by atoms with E-state index < -0.39 is 46.5 Å². The Hall–Kier alpha value is -3.23. The van der Waals surface area contributed by atoms with Crippen LogP contribution in [0.4, 0.5) is 30.7 Å². The second kappa shape index (κ2) is 10.4. The van der Waals surface area contributed by atoms with Crippen LogP contribution in [-0.4, -0.2) is 6.61 Å². The predicted molar refractivity (Wildman–Crippen MR) is 105 cm³/mol. The highest BCUT2D eigenvalue weighted by atomic mass is 19.3. The number of hydrogen-bond donors (Lipinski definition) is 0. The Bertz CT molecular complexity index is 1040. The van der Waals surface area contributed by atoms with E-state index in [1.54, 1.807) is 6.92 Å². The number of alkyl halides is 2. The standard InChI is InChI=1S/C21H13F7O2.C2H6/c1-2-29-17-8-7-14(18(24)20(17)26)11-3-5-12(6-4-11)21(27,28)30-13-9-15(22)19(25)16(23)10-13;1-2/h3-10H,2H2,1H3;1-2H3. The lowest BCUT2D eigenvalue weighted by molar-refractivity contribution is -0.185. The Morgan fingerprint density at radius 2 is 1.31 bits per heavy atom. The van der Waals surface area contributed by atoms with Crippen molar-refractivity contribution in [1.82, 2.24) is 0 Å². The van der Waals surface area contributed by atoms with E-state index in [1.165, 1.54) is 12.1 Å². The van der Waals surface area contributed by atoms with Crippen LogP contribution in [0, 0.1) is 29.1 Å². The highest BCUT2D eigenvalue weighted by Crippen LogP contribution is 2.35. The lowest BCUT2D eigenvalue weighted by Gasteiger charge is -2.19. The molecule has 0 saturated heterocycles. The molecule has 0 aromatic heterocycles. The molecule has 0 heterocycles. The average molecular weight is 460 g/mol. The van der Waals surface area contributed by atoms with Gasteiger partial charge in [-0.15, -0.1) is 0 Å². The molecule has 0 aliphatic heterocycles. The monoisotopic (exact) mass is 460 g/mol. The van der Waals surface area contributed by atoms with Crippen LogP contribution in [0.25, 0.3) is 11.1 Å². The van der Waals surface area contributed by atoms with Crippen LogP contribution in [0.1, 0.15) is 26.3 Å². The molecule has 0 spiro atoms. The molecule has 0 unspecified atom stereocenters. The van der Waals surface area contributed by atoms with Gasteiger partial charge < -0.3 is 9.47 Å². The summed E-state index contributed by atoms with van der Waals surface area (Å²) in [6.45, 7) is 5.72. The van der Waals surface area contributed by atoms with Crippen molar-refractivity contribution in [1.29, 1.82) is 0 Å².